The summed E-state index contributed by atoms with van der Waals surface area (Å²) in [6.07, 6.45) is -0.420. The maximum Gasteiger partial charge on any atom is 0.339 e. The number of para-hydroxylation sites is 1. The molecular formula is C19H23NO5. The Bertz CT molecular complexity index is 687. The molecule has 0 amide bonds. The Labute approximate surface area is 147 Å². The molecule has 2 rings (SSSR count). The lowest BCUT2D eigenvalue weighted by Gasteiger charge is -2.17. The molecule has 3 N–H and O–H groups in total. The number of hydrogen-bond acceptors (Lipinski definition) is 5. The van der Waals surface area contributed by atoms with Crippen molar-refractivity contribution in [2.75, 3.05) is 7.05 Å². The van der Waals surface area contributed by atoms with Crippen molar-refractivity contribution >= 4 is 11.9 Å². The summed E-state index contributed by atoms with van der Waals surface area (Å²) >= 11 is 0. The minimum atomic E-state index is -1.11. The van der Waals surface area contributed by atoms with Crippen molar-refractivity contribution in [3.05, 3.63) is 65.7 Å². The quantitative estimate of drug-likeness (QED) is 0.569. The lowest BCUT2D eigenvalue weighted by molar-refractivity contribution is -0.131. The molecule has 0 saturated carbocycles. The fourth-order valence-electron chi connectivity index (χ4n) is 1.98. The van der Waals surface area contributed by atoms with Crippen LogP contribution in [-0.2, 0) is 4.79 Å². The monoisotopic (exact) mass is 345 g/mol. The van der Waals surface area contributed by atoms with Crippen LogP contribution in [0.15, 0.2) is 54.6 Å². The Morgan fingerprint density at radius 2 is 1.60 bits per heavy atom. The molecule has 134 valence electrons. The van der Waals surface area contributed by atoms with E-state index in [-0.39, 0.29) is 17.4 Å². The van der Waals surface area contributed by atoms with Gasteiger partial charge in [-0.3, -0.25) is 4.79 Å². The van der Waals surface area contributed by atoms with Gasteiger partial charge in [0.25, 0.3) is 0 Å². The third-order valence-electron chi connectivity index (χ3n) is 3.44. The predicted octanol–water partition coefficient (Wildman–Crippen LogP) is 2.64. The van der Waals surface area contributed by atoms with Gasteiger partial charge in [0.1, 0.15) is 11.3 Å². The molecule has 0 aliphatic heterocycles. The summed E-state index contributed by atoms with van der Waals surface area (Å²) in [4.78, 5) is 21.2. The minimum absolute atomic E-state index is 0.0160. The number of ether oxygens (including phenoxy) is 1. The number of benzene rings is 2. The summed E-state index contributed by atoms with van der Waals surface area (Å²) in [6.45, 7) is 3.18. The number of aromatic carboxylic acids is 1. The predicted molar refractivity (Wildman–Crippen MR) is 94.6 cm³/mol. The number of aliphatic hydroxyl groups excluding tert-OH is 1. The zero-order valence-electron chi connectivity index (χ0n) is 14.5. The molecule has 0 radical (unpaired) electrons. The van der Waals surface area contributed by atoms with Crippen LogP contribution in [0.3, 0.4) is 0 Å². The molecule has 6 nitrogen and oxygen atoms in total. The maximum atomic E-state index is 10.6. The van der Waals surface area contributed by atoms with E-state index in [1.54, 1.807) is 12.1 Å². The number of carboxylic acid groups (broad SMARTS) is 1. The molecule has 0 aliphatic carbocycles. The summed E-state index contributed by atoms with van der Waals surface area (Å²) in [7, 11) is 1.84. The highest BCUT2D eigenvalue weighted by molar-refractivity contribution is 5.91. The first-order chi connectivity index (χ1) is 11.9. The number of hydrogen-bond donors (Lipinski definition) is 3. The second-order valence-electron chi connectivity index (χ2n) is 5.33. The number of aliphatic hydroxyl groups is 1. The standard InChI is InChI=1S/C10H15NO.C9H8O4/c1-8(11-2)10(12)9-6-4-3-5-7-9;1-6(10)13-8-5-3-2-4-7(8)9(11)12/h3-8,10-12H,1-2H3;2-5H,1H3,(H,11,12)/t8-,10+;/m0./s1. The first-order valence-electron chi connectivity index (χ1n) is 7.77. The van der Waals surface area contributed by atoms with E-state index in [2.05, 4.69) is 10.1 Å². The zero-order chi connectivity index (χ0) is 18.8. The van der Waals surface area contributed by atoms with Gasteiger partial charge in [0, 0.05) is 13.0 Å². The second-order valence-corrected chi connectivity index (χ2v) is 5.33. The molecule has 2 aromatic carbocycles. The number of rotatable bonds is 5. The molecule has 0 saturated heterocycles. The van der Waals surface area contributed by atoms with E-state index in [0.717, 1.165) is 5.56 Å². The van der Waals surface area contributed by atoms with Crippen LogP contribution in [0.25, 0.3) is 0 Å². The smallest absolute Gasteiger partial charge is 0.339 e. The van der Waals surface area contributed by atoms with Gasteiger partial charge in [-0.05, 0) is 31.7 Å². The van der Waals surface area contributed by atoms with Crippen LogP contribution >= 0.6 is 0 Å². The Morgan fingerprint density at radius 1 is 1.04 bits per heavy atom. The number of carbonyl (C=O) groups is 2. The molecule has 0 spiro atoms. The first-order valence-corrected chi connectivity index (χ1v) is 7.77. The van der Waals surface area contributed by atoms with E-state index < -0.39 is 18.0 Å². The SMILES string of the molecule is CC(=O)Oc1ccccc1C(=O)O.CN[C@@H](C)[C@@H](O)c1ccccc1. The van der Waals surface area contributed by atoms with Crippen molar-refractivity contribution in [3.8, 4) is 5.75 Å². The summed E-state index contributed by atoms with van der Waals surface area (Å²) < 4.78 is 4.69. The normalized spacial score (nSPS) is 12.3. The average molecular weight is 345 g/mol. The summed E-state index contributed by atoms with van der Waals surface area (Å²) in [5.41, 5.74) is 0.942. The topological polar surface area (TPSA) is 95.9 Å². The molecule has 0 bridgehead atoms. The number of esters is 1. The number of likely N-dealkylation sites (N-methyl/N-ethyl adjacent to an activating group) is 1. The Kier molecular flexibility index (Phi) is 8.32. The third kappa shape index (κ3) is 6.74. The van der Waals surface area contributed by atoms with Crippen LogP contribution in [0.5, 0.6) is 5.75 Å². The fraction of sp³-hybridized carbons (Fsp3) is 0.263. The van der Waals surface area contributed by atoms with Gasteiger partial charge in [0.15, 0.2) is 0 Å². The summed E-state index contributed by atoms with van der Waals surface area (Å²) in [5.74, 6) is -1.58. The largest absolute Gasteiger partial charge is 0.478 e. The third-order valence-corrected chi connectivity index (χ3v) is 3.44. The van der Waals surface area contributed by atoms with E-state index in [1.807, 2.05) is 44.3 Å². The Balaban J connectivity index is 0.000000251. The van der Waals surface area contributed by atoms with Gasteiger partial charge < -0.3 is 20.3 Å². The van der Waals surface area contributed by atoms with Crippen molar-refractivity contribution in [2.45, 2.75) is 26.0 Å². The number of carboxylic acids is 1. The molecule has 25 heavy (non-hydrogen) atoms. The highest BCUT2D eigenvalue weighted by atomic mass is 16.5. The van der Waals surface area contributed by atoms with E-state index in [1.165, 1.54) is 19.1 Å². The van der Waals surface area contributed by atoms with Gasteiger partial charge in [0.05, 0.1) is 6.10 Å². The lowest BCUT2D eigenvalue weighted by Crippen LogP contribution is -2.28. The van der Waals surface area contributed by atoms with Crippen LogP contribution in [-0.4, -0.2) is 35.2 Å². The molecule has 0 aromatic heterocycles. The van der Waals surface area contributed by atoms with E-state index in [9.17, 15) is 14.7 Å². The molecule has 0 heterocycles. The van der Waals surface area contributed by atoms with Gasteiger partial charge >= 0.3 is 11.9 Å². The van der Waals surface area contributed by atoms with Crippen LogP contribution < -0.4 is 10.1 Å². The van der Waals surface area contributed by atoms with Crippen LogP contribution in [0.1, 0.15) is 35.9 Å². The first kappa shape index (κ1) is 20.3. The van der Waals surface area contributed by atoms with Gasteiger partial charge in [-0.1, -0.05) is 42.5 Å². The summed E-state index contributed by atoms with van der Waals surface area (Å²) in [5, 5.41) is 21.4. The second kappa shape index (κ2) is 10.2. The van der Waals surface area contributed by atoms with E-state index >= 15 is 0 Å². The Morgan fingerprint density at radius 3 is 2.12 bits per heavy atom. The van der Waals surface area contributed by atoms with Crippen molar-refractivity contribution < 1.29 is 24.5 Å². The lowest BCUT2D eigenvalue weighted by atomic mass is 10.0. The molecule has 0 unspecified atom stereocenters. The summed E-state index contributed by atoms with van der Waals surface area (Å²) in [6, 6.07) is 15.7. The van der Waals surface area contributed by atoms with Crippen molar-refractivity contribution in [3.63, 3.8) is 0 Å². The minimum Gasteiger partial charge on any atom is -0.478 e. The van der Waals surface area contributed by atoms with E-state index in [4.69, 9.17) is 5.11 Å². The molecule has 2 aromatic rings. The van der Waals surface area contributed by atoms with Crippen LogP contribution in [0.2, 0.25) is 0 Å². The van der Waals surface area contributed by atoms with Crippen LogP contribution in [0, 0.1) is 0 Å². The molecule has 6 heteroatoms. The molecule has 2 atom stereocenters. The van der Waals surface area contributed by atoms with Gasteiger partial charge in [-0.15, -0.1) is 0 Å². The van der Waals surface area contributed by atoms with E-state index in [0.29, 0.717) is 0 Å². The highest BCUT2D eigenvalue weighted by Gasteiger charge is 2.13. The van der Waals surface area contributed by atoms with Crippen molar-refractivity contribution in [1.82, 2.24) is 5.32 Å². The number of nitrogens with one attached hydrogen (secondary N) is 1. The maximum absolute atomic E-state index is 10.6. The molecule has 0 aliphatic rings. The van der Waals surface area contributed by atoms with Gasteiger partial charge in [-0.2, -0.15) is 0 Å². The van der Waals surface area contributed by atoms with Gasteiger partial charge in [0.2, 0.25) is 0 Å². The fourth-order valence-corrected chi connectivity index (χ4v) is 1.98. The average Bonchev–Trinajstić information content (AvgIpc) is 2.61. The molecule has 0 fully saturated rings. The van der Waals surface area contributed by atoms with Crippen LogP contribution in [0.4, 0.5) is 0 Å². The zero-order valence-corrected chi connectivity index (χ0v) is 14.5. The number of carbonyl (C=O) groups excluding carboxylic acids is 1. The molecular weight excluding hydrogens is 322 g/mol. The van der Waals surface area contributed by atoms with Crippen molar-refractivity contribution in [1.29, 1.82) is 0 Å². The van der Waals surface area contributed by atoms with Crippen molar-refractivity contribution in [2.24, 2.45) is 0 Å². The highest BCUT2D eigenvalue weighted by Crippen LogP contribution is 2.17. The van der Waals surface area contributed by atoms with Gasteiger partial charge in [-0.25, -0.2) is 4.79 Å². The Hall–Kier alpha value is -2.70.